The lowest BCUT2D eigenvalue weighted by Crippen LogP contribution is -2.61. The smallest absolute Gasteiger partial charge is 0.338 e. The van der Waals surface area contributed by atoms with Crippen molar-refractivity contribution in [2.75, 3.05) is 9.80 Å². The van der Waals surface area contributed by atoms with Gasteiger partial charge in [0.05, 0.1) is 39.5 Å². The van der Waals surface area contributed by atoms with Crippen molar-refractivity contribution in [1.82, 2.24) is 19.5 Å². The summed E-state index contributed by atoms with van der Waals surface area (Å²) in [6.45, 7) is -0.371. The van der Waals surface area contributed by atoms with E-state index in [0.717, 1.165) is 145 Å². The fourth-order valence-corrected chi connectivity index (χ4v) is 15.6. The van der Waals surface area contributed by atoms with Crippen molar-refractivity contribution in [3.63, 3.8) is 0 Å². The lowest BCUT2D eigenvalue weighted by molar-refractivity contribution is 0.0464. The molecule has 12 heteroatoms. The van der Waals surface area contributed by atoms with Crippen molar-refractivity contribution < 1.29 is 19.1 Å². The minimum atomic E-state index is -0.555. The third kappa shape index (κ3) is 12.3. The first-order valence-corrected chi connectivity index (χ1v) is 36.7. The van der Waals surface area contributed by atoms with Gasteiger partial charge in [0.2, 0.25) is 0 Å². The molecule has 4 heterocycles. The van der Waals surface area contributed by atoms with Gasteiger partial charge in [-0.15, -0.1) is 0 Å². The zero-order valence-electron chi connectivity index (χ0n) is 59.4. The molecule has 0 amide bonds. The van der Waals surface area contributed by atoms with Crippen molar-refractivity contribution in [3.05, 3.63) is 392 Å². The molecule has 0 N–H and O–H groups in total. The third-order valence-corrected chi connectivity index (χ3v) is 20.9. The van der Waals surface area contributed by atoms with Gasteiger partial charge in [0.15, 0.2) is 17.5 Å². The van der Waals surface area contributed by atoms with Gasteiger partial charge in [0.25, 0.3) is 6.71 Å². The number of rotatable bonds is 16. The summed E-state index contributed by atoms with van der Waals surface area (Å²) in [4.78, 5) is 49.8. The number of fused-ring (bicyclic) bond motifs is 7. The number of nitrogens with zero attached hydrogens (tertiary/aromatic N) is 7. The Bertz CT molecular complexity index is 6170. The molecule has 11 nitrogen and oxygen atoms in total. The number of esters is 2. The van der Waals surface area contributed by atoms with Crippen molar-refractivity contribution in [2.24, 2.45) is 0 Å². The summed E-state index contributed by atoms with van der Waals surface area (Å²) in [5, 5.41) is 12.7. The summed E-state index contributed by atoms with van der Waals surface area (Å²) in [7, 11) is 0. The van der Waals surface area contributed by atoms with Gasteiger partial charge >= 0.3 is 11.9 Å². The van der Waals surface area contributed by atoms with E-state index in [2.05, 4.69) is 190 Å². The maximum absolute atomic E-state index is 14.7. The monoisotopic (exact) mass is 1410 g/mol. The molecule has 0 saturated heterocycles. The van der Waals surface area contributed by atoms with Crippen LogP contribution in [0, 0.1) is 11.3 Å². The maximum Gasteiger partial charge on any atom is 0.338 e. The van der Waals surface area contributed by atoms with Crippen LogP contribution in [0.2, 0.25) is 0 Å². The molecule has 0 fully saturated rings. The summed E-state index contributed by atoms with van der Waals surface area (Å²) in [5.74, 6) is 0.491. The standard InChI is InChI=1S/C98H64BN7O4/c100-61-66-36-50-87(83(54-66)96-102-94(72-32-18-6-19-33-72)101-95(103-96)73-34-20-7-21-35-73)106-86-51-42-74(55-82(86)81-49-41-75(58-90(81)106)69-30-16-5-17-31-69)78-59-91-93-92(60-78)105(80-47-39-71(40-48-80)68-28-14-4-15-29-68)89-53-44-77(98(108)110-63-65-24-10-2-11-25-65)57-85(89)99(93)84-56-76(97(107)109-62-64-22-8-1-9-23-64)43-52-88(84)104(91)79-45-37-70(38-46-79)67-26-12-3-13-27-67/h1-60H,62-63H2. The second-order valence-corrected chi connectivity index (χ2v) is 27.6. The maximum atomic E-state index is 14.7. The van der Waals surface area contributed by atoms with E-state index in [1.165, 1.54) is 0 Å². The lowest BCUT2D eigenvalue weighted by atomic mass is 9.33. The van der Waals surface area contributed by atoms with Crippen LogP contribution in [0.25, 0.3) is 106 Å². The minimum Gasteiger partial charge on any atom is -0.457 e. The van der Waals surface area contributed by atoms with Crippen LogP contribution in [-0.4, -0.2) is 38.2 Å². The van der Waals surface area contributed by atoms with Crippen LogP contribution in [0.5, 0.6) is 0 Å². The molecule has 0 aliphatic carbocycles. The molecule has 0 saturated carbocycles. The molecular formula is C98H64BN7O4. The number of hydrogen-bond donors (Lipinski definition) is 0. The molecule has 2 aromatic heterocycles. The van der Waals surface area contributed by atoms with E-state index in [1.807, 2.05) is 194 Å². The van der Waals surface area contributed by atoms with Crippen molar-refractivity contribution >= 4 is 91.0 Å². The fraction of sp³-hybridized carbons (Fsp3) is 0.0204. The number of carbonyl (C=O) groups excluding carboxylic acids is 2. The predicted molar refractivity (Wildman–Crippen MR) is 442 cm³/mol. The number of hydrogen-bond acceptors (Lipinski definition) is 10. The van der Waals surface area contributed by atoms with E-state index in [4.69, 9.17) is 24.4 Å². The van der Waals surface area contributed by atoms with Gasteiger partial charge in [-0.05, 0) is 169 Å². The van der Waals surface area contributed by atoms with Gasteiger partial charge in [0.1, 0.15) is 13.2 Å². The summed E-state index contributed by atoms with van der Waals surface area (Å²) >= 11 is 0. The van der Waals surface area contributed by atoms with Crippen LogP contribution in [-0.2, 0) is 22.7 Å². The zero-order chi connectivity index (χ0) is 73.6. The van der Waals surface area contributed by atoms with Crippen LogP contribution >= 0.6 is 0 Å². The van der Waals surface area contributed by atoms with Crippen LogP contribution in [0.4, 0.5) is 34.1 Å². The molecule has 0 bridgehead atoms. The molecule has 0 spiro atoms. The largest absolute Gasteiger partial charge is 0.457 e. The van der Waals surface area contributed by atoms with Crippen LogP contribution < -0.4 is 26.2 Å². The predicted octanol–water partition coefficient (Wildman–Crippen LogP) is 21.3. The third-order valence-electron chi connectivity index (χ3n) is 20.9. The first kappa shape index (κ1) is 65.9. The molecule has 518 valence electrons. The van der Waals surface area contributed by atoms with Gasteiger partial charge < -0.3 is 23.8 Å². The quantitative estimate of drug-likeness (QED) is 0.0682. The van der Waals surface area contributed by atoms with E-state index >= 15 is 0 Å². The highest BCUT2D eigenvalue weighted by Crippen LogP contribution is 2.49. The van der Waals surface area contributed by atoms with Crippen molar-refractivity contribution in [1.29, 1.82) is 5.26 Å². The average Bonchev–Trinajstić information content (AvgIpc) is 0.813. The van der Waals surface area contributed by atoms with Gasteiger partial charge in [-0.1, -0.05) is 267 Å². The Morgan fingerprint density at radius 3 is 1.20 bits per heavy atom. The number of anilines is 6. The fourth-order valence-electron chi connectivity index (χ4n) is 15.6. The normalized spacial score (nSPS) is 11.9. The van der Waals surface area contributed by atoms with Crippen molar-refractivity contribution in [2.45, 2.75) is 13.2 Å². The number of carbonyl (C=O) groups is 2. The molecule has 0 radical (unpaired) electrons. The highest BCUT2D eigenvalue weighted by molar-refractivity contribution is 7.00. The van der Waals surface area contributed by atoms with E-state index < -0.39 is 18.7 Å². The number of aromatic nitrogens is 4. The average molecular weight is 1410 g/mol. The molecule has 0 unspecified atom stereocenters. The zero-order valence-corrected chi connectivity index (χ0v) is 59.4. The lowest BCUT2D eigenvalue weighted by Gasteiger charge is -2.44. The summed E-state index contributed by atoms with van der Waals surface area (Å²) in [5.41, 5.74) is 24.1. The molecular weight excluding hydrogens is 1350 g/mol. The first-order chi connectivity index (χ1) is 54.3. The molecule has 15 aromatic carbocycles. The first-order valence-electron chi connectivity index (χ1n) is 36.7. The Morgan fingerprint density at radius 2 is 0.727 bits per heavy atom. The Balaban J connectivity index is 0.851. The molecule has 19 rings (SSSR count). The second kappa shape index (κ2) is 28.2. The minimum absolute atomic E-state index is 0.0924. The summed E-state index contributed by atoms with van der Waals surface area (Å²) in [6, 6.07) is 126. The Kier molecular flexibility index (Phi) is 16.9. The van der Waals surface area contributed by atoms with Crippen LogP contribution in [0.3, 0.4) is 0 Å². The van der Waals surface area contributed by atoms with Gasteiger partial charge in [0, 0.05) is 61.6 Å². The Morgan fingerprint density at radius 1 is 0.327 bits per heavy atom. The molecule has 2 aliphatic heterocycles. The van der Waals surface area contributed by atoms with Crippen LogP contribution in [0.15, 0.2) is 364 Å². The topological polar surface area (TPSA) is 126 Å². The van der Waals surface area contributed by atoms with Crippen molar-refractivity contribution in [3.8, 4) is 90.4 Å². The number of benzene rings is 15. The summed E-state index contributed by atoms with van der Waals surface area (Å²) in [6.07, 6.45) is 0. The Labute approximate surface area is 636 Å². The highest BCUT2D eigenvalue weighted by Gasteiger charge is 2.45. The van der Waals surface area contributed by atoms with E-state index in [9.17, 15) is 14.9 Å². The van der Waals surface area contributed by atoms with E-state index in [0.29, 0.717) is 39.7 Å². The van der Waals surface area contributed by atoms with E-state index in [1.54, 1.807) is 0 Å². The highest BCUT2D eigenvalue weighted by atomic mass is 16.5. The SMILES string of the molecule is N#Cc1ccc(-n2c3ccc(-c4cc5c6c(c4)N(c4ccc(-c7ccccc7)cc4)c4ccc(C(=O)OCc7ccccc7)cc4B6c4cc(C(=O)OCc6ccccc6)ccc4N5c4ccc(-c5ccccc5)cc4)cc3c3ccc(-c4ccccc4)cc32)c(-c2nc(-c3ccccc3)nc(-c3ccccc3)n2)c1. The summed E-state index contributed by atoms with van der Waals surface area (Å²) < 4.78 is 14.6. The molecule has 0 atom stereocenters. The van der Waals surface area contributed by atoms with Crippen LogP contribution in [0.1, 0.15) is 37.4 Å². The van der Waals surface area contributed by atoms with E-state index in [-0.39, 0.29) is 13.2 Å². The second-order valence-electron chi connectivity index (χ2n) is 27.6. The molecule has 2 aliphatic rings. The van der Waals surface area contributed by atoms with Gasteiger partial charge in [-0.3, -0.25) is 0 Å². The number of ether oxygens (including phenoxy) is 2. The number of nitriles is 1. The van der Waals surface area contributed by atoms with Gasteiger partial charge in [-0.25, -0.2) is 24.5 Å². The molecule has 17 aromatic rings. The van der Waals surface area contributed by atoms with Gasteiger partial charge in [-0.2, -0.15) is 5.26 Å². The Hall–Kier alpha value is -14.8. The molecule has 110 heavy (non-hydrogen) atoms.